The predicted molar refractivity (Wildman–Crippen MR) is 113 cm³/mol. The lowest BCUT2D eigenvalue weighted by Crippen LogP contribution is -2.58. The van der Waals surface area contributed by atoms with Gasteiger partial charge in [0.05, 0.1) is 12.3 Å². The van der Waals surface area contributed by atoms with Gasteiger partial charge in [0, 0.05) is 37.6 Å². The average molecular weight is 401 g/mol. The van der Waals surface area contributed by atoms with Gasteiger partial charge in [0.2, 0.25) is 0 Å². The van der Waals surface area contributed by atoms with Crippen LogP contribution < -0.4 is 10.6 Å². The van der Waals surface area contributed by atoms with E-state index in [1.807, 2.05) is 6.07 Å². The van der Waals surface area contributed by atoms with Gasteiger partial charge in [0.1, 0.15) is 11.5 Å². The zero-order valence-electron chi connectivity index (χ0n) is 16.8. The maximum atomic E-state index is 14.7. The van der Waals surface area contributed by atoms with Gasteiger partial charge >= 0.3 is 0 Å². The Balaban J connectivity index is 0.00000256. The summed E-state index contributed by atoms with van der Waals surface area (Å²) in [7, 11) is 0. The lowest BCUT2D eigenvalue weighted by atomic mass is 9.71. The number of pyridine rings is 2. The summed E-state index contributed by atoms with van der Waals surface area (Å²) in [5, 5.41) is 17.9. The molecule has 4 rings (SSSR count). The van der Waals surface area contributed by atoms with E-state index in [0.29, 0.717) is 36.2 Å². The van der Waals surface area contributed by atoms with E-state index >= 15 is 0 Å². The molecule has 1 aliphatic rings. The minimum atomic E-state index is -0.424. The molecule has 0 bridgehead atoms. The fraction of sp³-hybridized carbons (Fsp3) is 0.476. The van der Waals surface area contributed by atoms with Crippen molar-refractivity contribution in [1.82, 2.24) is 20.2 Å². The number of hydrogen-bond acceptors (Lipinski definition) is 6. The molecule has 4 N–H and O–H groups in total. The van der Waals surface area contributed by atoms with Crippen molar-refractivity contribution < 1.29 is 10.9 Å². The van der Waals surface area contributed by atoms with Gasteiger partial charge in [-0.3, -0.25) is 5.10 Å². The minimum absolute atomic E-state index is 0. The van der Waals surface area contributed by atoms with E-state index in [1.54, 1.807) is 18.3 Å². The molecule has 1 aliphatic heterocycles. The number of H-pyrrole nitrogens is 1. The first-order chi connectivity index (χ1) is 13.9. The zero-order valence-corrected chi connectivity index (χ0v) is 16.8. The number of fused-ring (bicyclic) bond motifs is 1. The number of nitrogens with two attached hydrogens (primary N) is 1. The third-order valence-corrected chi connectivity index (χ3v) is 5.85. The summed E-state index contributed by atoms with van der Waals surface area (Å²) >= 11 is 0. The molecule has 2 unspecified atom stereocenters. The summed E-state index contributed by atoms with van der Waals surface area (Å²) in [5.74, 6) is 0.655. The van der Waals surface area contributed by atoms with Crippen molar-refractivity contribution in [3.05, 3.63) is 36.3 Å². The van der Waals surface area contributed by atoms with Gasteiger partial charge in [-0.25, -0.2) is 14.4 Å². The second kappa shape index (κ2) is 7.68. The monoisotopic (exact) mass is 400 g/mol. The maximum Gasteiger partial charge on any atom is 0.181 e. The molecule has 0 aromatic carbocycles. The first-order valence-corrected chi connectivity index (χ1v) is 10.0. The minimum Gasteiger partial charge on any atom is -0.396 e. The highest BCUT2D eigenvalue weighted by atomic mass is 19.1. The summed E-state index contributed by atoms with van der Waals surface area (Å²) in [6.07, 6.45) is 3.22. The fourth-order valence-corrected chi connectivity index (χ4v) is 4.45. The number of aromatic nitrogens is 4. The lowest BCUT2D eigenvalue weighted by molar-refractivity contribution is 0.0635. The van der Waals surface area contributed by atoms with Crippen LogP contribution >= 0.6 is 0 Å². The van der Waals surface area contributed by atoms with E-state index in [1.165, 1.54) is 6.07 Å². The van der Waals surface area contributed by atoms with E-state index in [-0.39, 0.29) is 19.8 Å². The Labute approximate surface area is 170 Å². The van der Waals surface area contributed by atoms with Gasteiger partial charge in [0.15, 0.2) is 11.5 Å². The summed E-state index contributed by atoms with van der Waals surface area (Å²) < 4.78 is 14.7. The summed E-state index contributed by atoms with van der Waals surface area (Å²) in [6.45, 7) is 5.59. The van der Waals surface area contributed by atoms with Crippen LogP contribution in [0.15, 0.2) is 30.5 Å². The number of anilines is 1. The summed E-state index contributed by atoms with van der Waals surface area (Å²) in [6, 6.07) is 6.67. The van der Waals surface area contributed by atoms with Crippen molar-refractivity contribution in [3.8, 4) is 11.4 Å². The molecule has 4 heterocycles. The molecule has 0 amide bonds. The van der Waals surface area contributed by atoms with Gasteiger partial charge in [-0.2, -0.15) is 5.10 Å². The molecule has 156 valence electrons. The van der Waals surface area contributed by atoms with E-state index in [9.17, 15) is 9.50 Å². The van der Waals surface area contributed by atoms with Crippen LogP contribution in [0, 0.1) is 17.2 Å². The van der Waals surface area contributed by atoms with Crippen LogP contribution in [0.3, 0.4) is 0 Å². The number of halogens is 1. The molecule has 7 nitrogen and oxygen atoms in total. The highest BCUT2D eigenvalue weighted by Gasteiger charge is 2.42. The topological polar surface area (TPSA) is 104 Å². The summed E-state index contributed by atoms with van der Waals surface area (Å²) in [5.41, 5.74) is 7.27. The van der Waals surface area contributed by atoms with E-state index in [0.717, 1.165) is 18.2 Å². The Kier molecular flexibility index (Phi) is 5.23. The van der Waals surface area contributed by atoms with E-state index < -0.39 is 11.2 Å². The molecular formula is C21H29FN6O. The Morgan fingerprint density at radius 3 is 3.00 bits per heavy atom. The quantitative estimate of drug-likeness (QED) is 0.608. The Morgan fingerprint density at radius 2 is 2.24 bits per heavy atom. The van der Waals surface area contributed by atoms with E-state index in [2.05, 4.69) is 38.9 Å². The van der Waals surface area contributed by atoms with Crippen molar-refractivity contribution >= 4 is 16.9 Å². The SMILES string of the molecule is CC(C)CC1(CO)CN(c2ccc(F)c(-c3[nH]nc4ncccc34)n2)CCC1N.[HH]. The average Bonchev–Trinajstić information content (AvgIpc) is 3.14. The molecule has 29 heavy (non-hydrogen) atoms. The Morgan fingerprint density at radius 1 is 1.41 bits per heavy atom. The Bertz CT molecular complexity index is 1010. The normalized spacial score (nSPS) is 22.6. The second-order valence-electron chi connectivity index (χ2n) is 8.41. The van der Waals surface area contributed by atoms with Crippen molar-refractivity contribution in [2.45, 2.75) is 32.7 Å². The smallest absolute Gasteiger partial charge is 0.181 e. The van der Waals surface area contributed by atoms with Gasteiger partial charge in [0.25, 0.3) is 0 Å². The standard InChI is InChI=1S/C21H27FN6O.H2/c1-13(2)10-21(12-29)11-28(9-7-16(21)23)17-6-5-15(22)19(25-17)18-14-4-3-8-24-20(14)27-26-18;/h3-6,8,13,16,29H,7,9-12,23H2,1-2H3,(H,24,26,27);1H. The number of nitrogens with one attached hydrogen (secondary N) is 1. The van der Waals surface area contributed by atoms with Crippen LogP contribution in [0.1, 0.15) is 28.1 Å². The first-order valence-electron chi connectivity index (χ1n) is 10.0. The molecule has 1 fully saturated rings. The first kappa shape index (κ1) is 19.7. The molecule has 8 heteroatoms. The van der Waals surface area contributed by atoms with Gasteiger partial charge < -0.3 is 15.7 Å². The van der Waals surface area contributed by atoms with Crippen molar-refractivity contribution in [3.63, 3.8) is 0 Å². The van der Waals surface area contributed by atoms with Gasteiger partial charge in [-0.1, -0.05) is 13.8 Å². The van der Waals surface area contributed by atoms with Crippen LogP contribution in [-0.4, -0.2) is 51.0 Å². The molecule has 0 aliphatic carbocycles. The van der Waals surface area contributed by atoms with Crippen LogP contribution in [-0.2, 0) is 0 Å². The third-order valence-electron chi connectivity index (χ3n) is 5.85. The van der Waals surface area contributed by atoms with Crippen LogP contribution in [0.2, 0.25) is 0 Å². The molecule has 1 saturated heterocycles. The molecule has 3 aromatic rings. The number of piperidine rings is 1. The number of hydrogen-bond donors (Lipinski definition) is 3. The van der Waals surface area contributed by atoms with Crippen molar-refractivity contribution in [1.29, 1.82) is 0 Å². The van der Waals surface area contributed by atoms with Crippen LogP contribution in [0.4, 0.5) is 10.2 Å². The van der Waals surface area contributed by atoms with Crippen LogP contribution in [0.25, 0.3) is 22.4 Å². The molecule has 0 spiro atoms. The van der Waals surface area contributed by atoms with E-state index in [4.69, 9.17) is 5.73 Å². The fourth-order valence-electron chi connectivity index (χ4n) is 4.45. The molecule has 0 saturated carbocycles. The van der Waals surface area contributed by atoms with Crippen molar-refractivity contribution in [2.75, 3.05) is 24.6 Å². The predicted octanol–water partition coefficient (Wildman–Crippen LogP) is 2.97. The molecule has 2 atom stereocenters. The third kappa shape index (κ3) is 3.58. The number of aliphatic hydroxyl groups is 1. The molecule has 0 radical (unpaired) electrons. The van der Waals surface area contributed by atoms with Crippen molar-refractivity contribution in [2.24, 2.45) is 17.1 Å². The molecular weight excluding hydrogens is 371 g/mol. The highest BCUT2D eigenvalue weighted by molar-refractivity contribution is 5.89. The lowest BCUT2D eigenvalue weighted by Gasteiger charge is -2.47. The van der Waals surface area contributed by atoms with Crippen LogP contribution in [0.5, 0.6) is 0 Å². The zero-order chi connectivity index (χ0) is 20.6. The van der Waals surface area contributed by atoms with Gasteiger partial charge in [-0.15, -0.1) is 0 Å². The number of aliphatic hydroxyl groups excluding tert-OH is 1. The molecule has 3 aromatic heterocycles. The number of rotatable bonds is 5. The summed E-state index contributed by atoms with van der Waals surface area (Å²) in [4.78, 5) is 10.9. The number of aromatic amines is 1. The Hall–Kier alpha value is -2.58. The largest absolute Gasteiger partial charge is 0.396 e. The maximum absolute atomic E-state index is 14.7. The second-order valence-corrected chi connectivity index (χ2v) is 8.41. The van der Waals surface area contributed by atoms with Gasteiger partial charge in [-0.05, 0) is 43.0 Å². The highest BCUT2D eigenvalue weighted by Crippen LogP contribution is 2.37. The number of nitrogens with zero attached hydrogens (tertiary/aromatic N) is 4.